The van der Waals surface area contributed by atoms with Crippen molar-refractivity contribution in [3.63, 3.8) is 0 Å². The zero-order valence-corrected chi connectivity index (χ0v) is 14.3. The van der Waals surface area contributed by atoms with Crippen LogP contribution in [0.4, 0.5) is 0 Å². The van der Waals surface area contributed by atoms with Crippen molar-refractivity contribution in [1.29, 1.82) is 0 Å². The summed E-state index contributed by atoms with van der Waals surface area (Å²) in [6.45, 7) is 0.318. The van der Waals surface area contributed by atoms with Crippen LogP contribution in [0.5, 0.6) is 0 Å². The van der Waals surface area contributed by atoms with E-state index in [0.717, 1.165) is 5.56 Å². The second-order valence-electron chi connectivity index (χ2n) is 5.90. The number of para-hydroxylation sites is 1. The quantitative estimate of drug-likeness (QED) is 0.579. The van der Waals surface area contributed by atoms with Gasteiger partial charge in [0.15, 0.2) is 5.82 Å². The Morgan fingerprint density at radius 2 is 1.93 bits per heavy atom. The lowest BCUT2D eigenvalue weighted by Crippen LogP contribution is -2.29. The molecule has 4 rings (SSSR count). The minimum atomic E-state index is -0.216. The fourth-order valence-electron chi connectivity index (χ4n) is 2.84. The molecule has 0 radical (unpaired) electrons. The van der Waals surface area contributed by atoms with E-state index in [2.05, 4.69) is 20.5 Å². The first-order chi connectivity index (χ1) is 13.2. The summed E-state index contributed by atoms with van der Waals surface area (Å²) in [4.78, 5) is 28.6. The molecule has 8 heteroatoms. The lowest BCUT2D eigenvalue weighted by molar-refractivity contribution is -0.121. The number of benzene rings is 1. The van der Waals surface area contributed by atoms with Gasteiger partial charge in [-0.15, -0.1) is 0 Å². The van der Waals surface area contributed by atoms with Gasteiger partial charge in [0.1, 0.15) is 6.54 Å². The van der Waals surface area contributed by atoms with E-state index in [1.807, 2.05) is 24.3 Å². The van der Waals surface area contributed by atoms with Crippen molar-refractivity contribution >= 4 is 16.8 Å². The number of carbonyl (C=O) groups excluding carboxylic acids is 1. The van der Waals surface area contributed by atoms with Crippen molar-refractivity contribution in [1.82, 2.24) is 29.9 Å². The Bertz CT molecular complexity index is 1150. The monoisotopic (exact) mass is 360 g/mol. The number of fused-ring (bicyclic) bond motifs is 1. The maximum Gasteiger partial charge on any atom is 0.242 e. The molecule has 0 aliphatic heterocycles. The predicted octanol–water partition coefficient (Wildman–Crippen LogP) is 1.29. The van der Waals surface area contributed by atoms with Crippen molar-refractivity contribution in [2.45, 2.75) is 13.1 Å². The third-order valence-electron chi connectivity index (χ3n) is 4.12. The van der Waals surface area contributed by atoms with E-state index in [4.69, 9.17) is 0 Å². The average molecular weight is 360 g/mol. The van der Waals surface area contributed by atoms with Gasteiger partial charge in [0.25, 0.3) is 0 Å². The molecule has 0 aliphatic rings. The molecule has 0 unspecified atom stereocenters. The topological polar surface area (TPSA) is 94.7 Å². The fraction of sp³-hybridized carbons (Fsp3) is 0.105. The van der Waals surface area contributed by atoms with Gasteiger partial charge in [-0.05, 0) is 24.3 Å². The van der Waals surface area contributed by atoms with E-state index >= 15 is 0 Å². The van der Waals surface area contributed by atoms with Crippen LogP contribution in [0.2, 0.25) is 0 Å². The molecular weight excluding hydrogens is 344 g/mol. The van der Waals surface area contributed by atoms with Crippen LogP contribution in [0.25, 0.3) is 16.7 Å². The van der Waals surface area contributed by atoms with Crippen molar-refractivity contribution in [3.8, 4) is 5.82 Å². The zero-order valence-electron chi connectivity index (χ0n) is 14.3. The van der Waals surface area contributed by atoms with E-state index in [0.29, 0.717) is 23.3 Å². The van der Waals surface area contributed by atoms with Gasteiger partial charge in [0.05, 0.1) is 11.7 Å². The molecule has 27 heavy (non-hydrogen) atoms. The van der Waals surface area contributed by atoms with Crippen molar-refractivity contribution in [2.75, 3.05) is 0 Å². The maximum atomic E-state index is 12.4. The van der Waals surface area contributed by atoms with Gasteiger partial charge in [-0.3, -0.25) is 14.3 Å². The van der Waals surface area contributed by atoms with E-state index < -0.39 is 0 Å². The van der Waals surface area contributed by atoms with Crippen LogP contribution in [0.15, 0.2) is 72.0 Å². The maximum absolute atomic E-state index is 12.4. The van der Waals surface area contributed by atoms with Gasteiger partial charge in [0, 0.05) is 36.1 Å². The van der Waals surface area contributed by atoms with E-state index in [9.17, 15) is 9.59 Å². The van der Waals surface area contributed by atoms with Crippen molar-refractivity contribution in [2.24, 2.45) is 0 Å². The Kier molecular flexibility index (Phi) is 4.44. The third-order valence-corrected chi connectivity index (χ3v) is 4.12. The summed E-state index contributed by atoms with van der Waals surface area (Å²) in [6, 6.07) is 12.6. The molecule has 134 valence electrons. The predicted molar refractivity (Wildman–Crippen MR) is 99.2 cm³/mol. The van der Waals surface area contributed by atoms with Gasteiger partial charge in [-0.25, -0.2) is 9.67 Å². The second kappa shape index (κ2) is 7.20. The minimum Gasteiger partial charge on any atom is -0.350 e. The molecule has 3 aromatic heterocycles. The van der Waals surface area contributed by atoms with Crippen LogP contribution in [0.3, 0.4) is 0 Å². The van der Waals surface area contributed by atoms with Gasteiger partial charge in [-0.1, -0.05) is 18.2 Å². The largest absolute Gasteiger partial charge is 0.350 e. The highest BCUT2D eigenvalue weighted by Gasteiger charge is 2.10. The number of hydrogen-bond donors (Lipinski definition) is 1. The molecule has 4 aromatic rings. The normalized spacial score (nSPS) is 10.8. The lowest BCUT2D eigenvalue weighted by Gasteiger charge is -2.11. The molecule has 0 aliphatic carbocycles. The zero-order chi connectivity index (χ0) is 18.6. The fourth-order valence-corrected chi connectivity index (χ4v) is 2.84. The molecule has 0 atom stereocenters. The molecule has 0 saturated carbocycles. The van der Waals surface area contributed by atoms with Gasteiger partial charge >= 0.3 is 0 Å². The van der Waals surface area contributed by atoms with Crippen LogP contribution in [-0.2, 0) is 17.9 Å². The number of carbonyl (C=O) groups is 1. The summed E-state index contributed by atoms with van der Waals surface area (Å²) in [7, 11) is 0. The Hall–Kier alpha value is -3.81. The Balaban J connectivity index is 1.51. The molecule has 8 nitrogen and oxygen atoms in total. The molecule has 3 heterocycles. The smallest absolute Gasteiger partial charge is 0.242 e. The van der Waals surface area contributed by atoms with E-state index in [-0.39, 0.29) is 17.9 Å². The number of amides is 1. The number of rotatable bonds is 5. The summed E-state index contributed by atoms with van der Waals surface area (Å²) in [5, 5.41) is 11.7. The molecular formula is C19H16N6O2. The Labute approximate surface area is 154 Å². The number of nitrogens with zero attached hydrogens (tertiary/aromatic N) is 5. The minimum absolute atomic E-state index is 0.0121. The molecule has 1 amide bonds. The molecule has 0 saturated heterocycles. The van der Waals surface area contributed by atoms with E-state index in [1.54, 1.807) is 41.5 Å². The summed E-state index contributed by atoms with van der Waals surface area (Å²) >= 11 is 0. The SMILES string of the molecule is O=C(Cn1ncc(=O)c2ccccc21)NCc1cccnc1-n1cccn1. The first-order valence-electron chi connectivity index (χ1n) is 8.38. The van der Waals surface area contributed by atoms with Crippen molar-refractivity contribution < 1.29 is 4.79 Å². The van der Waals surface area contributed by atoms with Crippen LogP contribution in [-0.4, -0.2) is 30.5 Å². The van der Waals surface area contributed by atoms with Gasteiger partial charge in [-0.2, -0.15) is 10.2 Å². The van der Waals surface area contributed by atoms with Crippen LogP contribution in [0, 0.1) is 0 Å². The molecule has 1 aromatic carbocycles. The standard InChI is InChI=1S/C19H16N6O2/c26-17-12-23-25(16-7-2-1-6-15(16)17)13-18(27)21-11-14-5-3-8-20-19(14)24-10-4-9-22-24/h1-10,12H,11,13H2,(H,21,27). The number of hydrogen-bond acceptors (Lipinski definition) is 5. The van der Waals surface area contributed by atoms with Crippen molar-refractivity contribution in [3.05, 3.63) is 83.0 Å². The average Bonchev–Trinajstić information content (AvgIpc) is 3.24. The first kappa shape index (κ1) is 16.6. The highest BCUT2D eigenvalue weighted by Crippen LogP contribution is 2.10. The highest BCUT2D eigenvalue weighted by molar-refractivity contribution is 5.81. The second-order valence-corrected chi connectivity index (χ2v) is 5.90. The summed E-state index contributed by atoms with van der Waals surface area (Å²) in [5.41, 5.74) is 1.30. The van der Waals surface area contributed by atoms with Gasteiger partial charge in [0.2, 0.25) is 11.3 Å². The van der Waals surface area contributed by atoms with Crippen LogP contribution < -0.4 is 10.7 Å². The summed E-state index contributed by atoms with van der Waals surface area (Å²) < 4.78 is 3.17. The summed E-state index contributed by atoms with van der Waals surface area (Å²) in [6.07, 6.45) is 6.37. The molecule has 0 spiro atoms. The van der Waals surface area contributed by atoms with Gasteiger partial charge < -0.3 is 5.32 Å². The first-order valence-corrected chi connectivity index (χ1v) is 8.38. The highest BCUT2D eigenvalue weighted by atomic mass is 16.2. The summed E-state index contributed by atoms with van der Waals surface area (Å²) in [5.74, 6) is 0.446. The number of pyridine rings is 1. The number of nitrogens with one attached hydrogen (secondary N) is 1. The Morgan fingerprint density at radius 3 is 2.78 bits per heavy atom. The third kappa shape index (κ3) is 3.45. The molecule has 1 N–H and O–H groups in total. The molecule has 0 fully saturated rings. The molecule has 0 bridgehead atoms. The van der Waals surface area contributed by atoms with E-state index in [1.165, 1.54) is 10.9 Å². The number of aromatic nitrogens is 5. The Morgan fingerprint density at radius 1 is 1.04 bits per heavy atom. The lowest BCUT2D eigenvalue weighted by atomic mass is 10.2. The van der Waals surface area contributed by atoms with Crippen LogP contribution >= 0.6 is 0 Å². The van der Waals surface area contributed by atoms with Crippen LogP contribution in [0.1, 0.15) is 5.56 Å².